The minimum Gasteiger partial charge on any atom is -0.481 e. The molecular weight excluding hydrogens is 915 g/mol. The van der Waals surface area contributed by atoms with Crippen LogP contribution in [0.15, 0.2) is 114 Å². The summed E-state index contributed by atoms with van der Waals surface area (Å²) in [5.74, 6) is -5.28. The number of nitro groups is 1. The van der Waals surface area contributed by atoms with Crippen molar-refractivity contribution in [2.45, 2.75) is 90.6 Å². The fourth-order valence-corrected chi connectivity index (χ4v) is 8.15. The molecule has 5 rings (SSSR count). The molecule has 0 heterocycles. The smallest absolute Gasteiger partial charge is 0.320 e. The van der Waals surface area contributed by atoms with E-state index >= 15 is 0 Å². The maximum absolute atomic E-state index is 13.1. The van der Waals surface area contributed by atoms with Crippen LogP contribution < -0.4 is 10.5 Å². The average molecular weight is 974 g/mol. The van der Waals surface area contributed by atoms with Crippen LogP contribution in [0.25, 0.3) is 0 Å². The van der Waals surface area contributed by atoms with Gasteiger partial charge < -0.3 is 15.6 Å². The van der Waals surface area contributed by atoms with Gasteiger partial charge in [0.25, 0.3) is 0 Å². The van der Waals surface area contributed by atoms with Gasteiger partial charge in [0.15, 0.2) is 5.92 Å². The Labute approximate surface area is 384 Å². The van der Waals surface area contributed by atoms with E-state index in [2.05, 4.69) is 71.8 Å². The number of esters is 1. The predicted octanol–water partition coefficient (Wildman–Crippen LogP) is 9.81. The van der Waals surface area contributed by atoms with E-state index in [9.17, 15) is 28.1 Å². The molecule has 0 amide bonds. The standard InChI is InChI=1S/C24H28N2O2S.C12H12ClNO6.C12H18.Ru/c1-24(2,3)20-14-16-21(17-15-20)29(27,28)26-23(19-12-8-5-9-13-19)22(25)18-10-6-4-7-11-18;1-20-12(17)10(11(15)16)9(6-14(18)19)7-2-4-8(13)5-3-7;1-7-8(2)10(4)12(6)11(5)9(7)3;/h4-17,22-23,26H,25H2,1-3H3;2-5,9-10H,6H2,1H3,(H,15,16);1-6H3;/t22-,23-;;;/m0.../s1. The van der Waals surface area contributed by atoms with Crippen LogP contribution >= 0.6 is 11.6 Å². The number of aliphatic carboxylic acids is 1. The van der Waals surface area contributed by atoms with Crippen LogP contribution in [0.4, 0.5) is 0 Å². The van der Waals surface area contributed by atoms with Crippen LogP contribution in [0.2, 0.25) is 5.02 Å². The number of sulfonamides is 1. The summed E-state index contributed by atoms with van der Waals surface area (Å²) in [4.78, 5) is 33.1. The molecule has 0 bridgehead atoms. The van der Waals surface area contributed by atoms with Gasteiger partial charge >= 0.3 is 11.9 Å². The van der Waals surface area contributed by atoms with Crippen molar-refractivity contribution in [2.75, 3.05) is 13.7 Å². The van der Waals surface area contributed by atoms with Crippen LogP contribution in [0, 0.1) is 57.6 Å². The molecule has 2 unspecified atom stereocenters. The van der Waals surface area contributed by atoms with Crippen molar-refractivity contribution in [1.82, 2.24) is 4.72 Å². The molecule has 0 aromatic heterocycles. The second kappa shape index (κ2) is 23.6. The maximum Gasteiger partial charge on any atom is 0.320 e. The van der Waals surface area contributed by atoms with Crippen LogP contribution in [0.3, 0.4) is 0 Å². The molecule has 11 nitrogen and oxygen atoms in total. The van der Waals surface area contributed by atoms with Gasteiger partial charge in [-0.1, -0.05) is 117 Å². The van der Waals surface area contributed by atoms with E-state index in [1.165, 1.54) is 57.6 Å². The quantitative estimate of drug-likeness (QED) is 0.0361. The van der Waals surface area contributed by atoms with Crippen molar-refractivity contribution in [2.24, 2.45) is 11.7 Å². The average Bonchev–Trinajstić information content (AvgIpc) is 3.23. The topological polar surface area (TPSA) is 179 Å². The van der Waals surface area contributed by atoms with Crippen molar-refractivity contribution in [3.8, 4) is 0 Å². The molecule has 0 aliphatic rings. The fraction of sp³-hybridized carbons (Fsp3) is 0.333. The minimum absolute atomic E-state index is 0. The third kappa shape index (κ3) is 14.4. The van der Waals surface area contributed by atoms with Crippen LogP contribution in [0.5, 0.6) is 0 Å². The summed E-state index contributed by atoms with van der Waals surface area (Å²) in [6, 6.07) is 30.7. The summed E-state index contributed by atoms with van der Waals surface area (Å²) in [7, 11) is -2.72. The van der Waals surface area contributed by atoms with E-state index in [4.69, 9.17) is 22.4 Å². The van der Waals surface area contributed by atoms with Crippen LogP contribution in [0.1, 0.15) is 94.4 Å². The first-order chi connectivity index (χ1) is 28.5. The second-order valence-corrected chi connectivity index (χ2v) is 18.1. The van der Waals surface area contributed by atoms with Gasteiger partial charge in [-0.3, -0.25) is 19.7 Å². The first-order valence-electron chi connectivity index (χ1n) is 19.7. The number of rotatable bonds is 12. The van der Waals surface area contributed by atoms with E-state index in [1.807, 2.05) is 72.8 Å². The van der Waals surface area contributed by atoms with Crippen molar-refractivity contribution in [3.63, 3.8) is 0 Å². The molecule has 5 aromatic rings. The Hall–Kier alpha value is -4.78. The zero-order valence-electron chi connectivity index (χ0n) is 36.9. The molecule has 0 spiro atoms. The number of nitrogens with one attached hydrogen (secondary N) is 1. The Balaban J connectivity index is 0.000000348. The van der Waals surface area contributed by atoms with Gasteiger partial charge in [-0.2, -0.15) is 0 Å². The molecule has 14 heteroatoms. The normalized spacial score (nSPS) is 13.0. The van der Waals surface area contributed by atoms with E-state index in [1.54, 1.807) is 12.1 Å². The van der Waals surface area contributed by atoms with Gasteiger partial charge in [-0.15, -0.1) is 0 Å². The Kier molecular flexibility index (Phi) is 20.3. The molecule has 4 N–H and O–H groups in total. The van der Waals surface area contributed by atoms with Gasteiger partial charge in [-0.25, -0.2) is 13.1 Å². The van der Waals surface area contributed by atoms with Gasteiger partial charge in [0, 0.05) is 29.4 Å². The molecule has 0 saturated carbocycles. The summed E-state index contributed by atoms with van der Waals surface area (Å²) >= 11 is 5.71. The number of carbonyl (C=O) groups is 2. The molecule has 0 aliphatic heterocycles. The summed E-state index contributed by atoms with van der Waals surface area (Å²) in [5.41, 5.74) is 18.3. The van der Waals surface area contributed by atoms with Gasteiger partial charge in [0.1, 0.15) is 0 Å². The van der Waals surface area contributed by atoms with Crippen LogP contribution in [-0.4, -0.2) is 44.0 Å². The zero-order chi connectivity index (χ0) is 45.8. The fourth-order valence-electron chi connectivity index (χ4n) is 6.77. The minimum atomic E-state index is -3.75. The molecule has 62 heavy (non-hydrogen) atoms. The Bertz CT molecular complexity index is 2270. The molecule has 0 aliphatic carbocycles. The number of hydrogen-bond acceptors (Lipinski definition) is 8. The number of carboxylic acid groups (broad SMARTS) is 1. The zero-order valence-corrected chi connectivity index (χ0v) is 40.2. The monoisotopic (exact) mass is 973 g/mol. The largest absolute Gasteiger partial charge is 0.481 e. The molecular formula is C48H58ClN3O8RuS. The van der Waals surface area contributed by atoms with Gasteiger partial charge in [-0.05, 0) is 127 Å². The number of methoxy groups -OCH3 is 1. The van der Waals surface area contributed by atoms with Crippen molar-refractivity contribution in [1.29, 1.82) is 0 Å². The summed E-state index contributed by atoms with van der Waals surface area (Å²) in [6.07, 6.45) is 0. The maximum atomic E-state index is 13.1. The molecule has 334 valence electrons. The number of nitrogens with zero attached hydrogens (tertiary/aromatic N) is 1. The molecule has 5 aromatic carbocycles. The number of benzene rings is 5. The van der Waals surface area contributed by atoms with Gasteiger partial charge in [0.05, 0.1) is 30.0 Å². The molecule has 0 radical (unpaired) electrons. The Morgan fingerprint density at radius 2 is 1.16 bits per heavy atom. The van der Waals surface area contributed by atoms with Crippen molar-refractivity contribution >= 4 is 33.6 Å². The number of carbonyl (C=O) groups excluding carboxylic acids is 1. The summed E-state index contributed by atoms with van der Waals surface area (Å²) in [5, 5.41) is 20.2. The SMILES string of the molecule is CC(C)(C)c1ccc(S(=O)(=O)N[C@@H](c2ccccc2)[C@@H](N)c2ccccc2)cc1.COC(=O)C(C(=O)O)C(C[N+](=O)[O-])c1ccc(Cl)cc1.Cc1c(C)c(C)c(C)c(C)c1C.[Ru]. The number of ether oxygens (including phenoxy) is 1. The predicted molar refractivity (Wildman–Crippen MR) is 242 cm³/mol. The van der Waals surface area contributed by atoms with Crippen molar-refractivity contribution < 1.29 is 52.3 Å². The third-order valence-corrected chi connectivity index (χ3v) is 12.9. The number of hydrogen-bond donors (Lipinski definition) is 3. The first kappa shape index (κ1) is 53.4. The first-order valence-corrected chi connectivity index (χ1v) is 21.6. The van der Waals surface area contributed by atoms with E-state index < -0.39 is 57.3 Å². The molecule has 0 saturated heterocycles. The molecule has 0 fully saturated rings. The number of carboxylic acids is 1. The Morgan fingerprint density at radius 1 is 0.742 bits per heavy atom. The van der Waals surface area contributed by atoms with Crippen LogP contribution in [-0.2, 0) is 49.2 Å². The van der Waals surface area contributed by atoms with E-state index in [0.29, 0.717) is 10.6 Å². The van der Waals surface area contributed by atoms with Gasteiger partial charge in [0.2, 0.25) is 16.6 Å². The number of halogens is 1. The Morgan fingerprint density at radius 3 is 1.53 bits per heavy atom. The summed E-state index contributed by atoms with van der Waals surface area (Å²) < 4.78 is 33.5. The third-order valence-electron chi connectivity index (χ3n) is 11.2. The molecule has 4 atom stereocenters. The van der Waals surface area contributed by atoms with E-state index in [-0.39, 0.29) is 29.8 Å². The second-order valence-electron chi connectivity index (χ2n) is 16.0. The number of nitrogens with two attached hydrogens (primary N) is 1. The summed E-state index contributed by atoms with van der Waals surface area (Å²) in [6.45, 7) is 18.9. The van der Waals surface area contributed by atoms with Crippen molar-refractivity contribution in [3.05, 3.63) is 180 Å². The van der Waals surface area contributed by atoms with E-state index in [0.717, 1.165) is 23.8 Å².